The van der Waals surface area contributed by atoms with Gasteiger partial charge in [0.1, 0.15) is 0 Å². The molecule has 4 heteroatoms. The standard InChI is InChI=1S/C14H20N4/c1-14(2,3)16-9-12-10-18(4)17-13(12)11-6-5-7-15-8-11/h5-8,10,16H,9H2,1-4H3. The van der Waals surface area contributed by atoms with E-state index in [2.05, 4.69) is 42.4 Å². The van der Waals surface area contributed by atoms with E-state index < -0.39 is 0 Å². The summed E-state index contributed by atoms with van der Waals surface area (Å²) in [7, 11) is 1.94. The van der Waals surface area contributed by atoms with Crippen LogP contribution in [0.4, 0.5) is 0 Å². The van der Waals surface area contributed by atoms with Crippen LogP contribution in [0.25, 0.3) is 11.3 Å². The maximum atomic E-state index is 4.52. The van der Waals surface area contributed by atoms with Crippen LogP contribution in [-0.4, -0.2) is 20.3 Å². The van der Waals surface area contributed by atoms with Crippen molar-refractivity contribution in [3.8, 4) is 11.3 Å². The molecule has 0 radical (unpaired) electrons. The molecule has 0 bridgehead atoms. The van der Waals surface area contributed by atoms with E-state index in [0.29, 0.717) is 0 Å². The molecule has 0 aliphatic heterocycles. The van der Waals surface area contributed by atoms with Gasteiger partial charge >= 0.3 is 0 Å². The molecule has 0 aliphatic rings. The second-order valence-corrected chi connectivity index (χ2v) is 5.52. The Bertz CT molecular complexity index is 508. The number of hydrogen-bond acceptors (Lipinski definition) is 3. The van der Waals surface area contributed by atoms with Gasteiger partial charge in [0, 0.05) is 48.8 Å². The van der Waals surface area contributed by atoms with Gasteiger partial charge < -0.3 is 5.32 Å². The third kappa shape index (κ3) is 3.17. The van der Waals surface area contributed by atoms with Gasteiger partial charge in [-0.2, -0.15) is 5.10 Å². The van der Waals surface area contributed by atoms with Crippen LogP contribution < -0.4 is 5.32 Å². The summed E-state index contributed by atoms with van der Waals surface area (Å²) in [5.41, 5.74) is 3.36. The van der Waals surface area contributed by atoms with Crippen molar-refractivity contribution >= 4 is 0 Å². The summed E-state index contributed by atoms with van der Waals surface area (Å²) in [6.45, 7) is 7.29. The molecule has 2 rings (SSSR count). The molecule has 0 saturated heterocycles. The van der Waals surface area contributed by atoms with Gasteiger partial charge in [-0.15, -0.1) is 0 Å². The molecule has 0 aliphatic carbocycles. The zero-order valence-corrected chi connectivity index (χ0v) is 11.4. The van der Waals surface area contributed by atoms with E-state index in [1.165, 1.54) is 5.56 Å². The molecule has 2 heterocycles. The molecule has 18 heavy (non-hydrogen) atoms. The van der Waals surface area contributed by atoms with Crippen molar-refractivity contribution in [2.45, 2.75) is 32.9 Å². The average Bonchev–Trinajstić information content (AvgIpc) is 2.68. The Morgan fingerprint density at radius 3 is 2.72 bits per heavy atom. The number of nitrogens with zero attached hydrogens (tertiary/aromatic N) is 3. The fraction of sp³-hybridized carbons (Fsp3) is 0.429. The molecule has 96 valence electrons. The average molecular weight is 244 g/mol. The van der Waals surface area contributed by atoms with E-state index in [-0.39, 0.29) is 5.54 Å². The zero-order valence-electron chi connectivity index (χ0n) is 11.4. The fourth-order valence-corrected chi connectivity index (χ4v) is 1.77. The minimum Gasteiger partial charge on any atom is -0.308 e. The maximum Gasteiger partial charge on any atom is 0.0983 e. The van der Waals surface area contributed by atoms with Crippen LogP contribution in [0, 0.1) is 0 Å². The number of nitrogens with one attached hydrogen (secondary N) is 1. The highest BCUT2D eigenvalue weighted by Gasteiger charge is 2.13. The summed E-state index contributed by atoms with van der Waals surface area (Å²) in [5, 5.41) is 8.01. The van der Waals surface area contributed by atoms with E-state index in [9.17, 15) is 0 Å². The Hall–Kier alpha value is -1.68. The van der Waals surface area contributed by atoms with E-state index >= 15 is 0 Å². The van der Waals surface area contributed by atoms with Gasteiger partial charge in [-0.3, -0.25) is 9.67 Å². The van der Waals surface area contributed by atoms with Gasteiger partial charge in [-0.1, -0.05) is 0 Å². The van der Waals surface area contributed by atoms with E-state index in [0.717, 1.165) is 17.8 Å². The Kier molecular flexibility index (Phi) is 3.48. The van der Waals surface area contributed by atoms with E-state index in [1.807, 2.05) is 30.1 Å². The number of aromatic nitrogens is 3. The minimum atomic E-state index is 0.0993. The summed E-state index contributed by atoms with van der Waals surface area (Å²) in [6.07, 6.45) is 5.68. The van der Waals surface area contributed by atoms with Gasteiger partial charge in [0.15, 0.2) is 0 Å². The van der Waals surface area contributed by atoms with Gasteiger partial charge in [0.25, 0.3) is 0 Å². The molecular formula is C14H20N4. The van der Waals surface area contributed by atoms with Crippen LogP contribution in [0.15, 0.2) is 30.7 Å². The number of hydrogen-bond donors (Lipinski definition) is 1. The highest BCUT2D eigenvalue weighted by Crippen LogP contribution is 2.21. The predicted molar refractivity (Wildman–Crippen MR) is 73.0 cm³/mol. The Labute approximate surface area is 108 Å². The highest BCUT2D eigenvalue weighted by atomic mass is 15.3. The topological polar surface area (TPSA) is 42.7 Å². The van der Waals surface area contributed by atoms with E-state index in [1.54, 1.807) is 6.20 Å². The lowest BCUT2D eigenvalue weighted by atomic mass is 10.1. The Morgan fingerprint density at radius 1 is 1.33 bits per heavy atom. The van der Waals surface area contributed by atoms with Crippen LogP contribution in [0.2, 0.25) is 0 Å². The lowest BCUT2D eigenvalue weighted by Gasteiger charge is -2.20. The third-order valence-corrected chi connectivity index (χ3v) is 2.65. The van der Waals surface area contributed by atoms with Gasteiger partial charge in [-0.05, 0) is 32.9 Å². The zero-order chi connectivity index (χ0) is 13.2. The first-order valence-electron chi connectivity index (χ1n) is 6.14. The van der Waals surface area contributed by atoms with Gasteiger partial charge in [0.2, 0.25) is 0 Å². The summed E-state index contributed by atoms with van der Waals surface area (Å²) in [6, 6.07) is 3.97. The first kappa shape index (κ1) is 12.8. The lowest BCUT2D eigenvalue weighted by Crippen LogP contribution is -2.35. The molecule has 0 unspecified atom stereocenters. The third-order valence-electron chi connectivity index (χ3n) is 2.65. The van der Waals surface area contributed by atoms with Gasteiger partial charge in [-0.25, -0.2) is 0 Å². The molecule has 2 aromatic rings. The molecule has 0 aromatic carbocycles. The monoisotopic (exact) mass is 244 g/mol. The number of aryl methyl sites for hydroxylation is 1. The van der Waals surface area contributed by atoms with Crippen LogP contribution in [-0.2, 0) is 13.6 Å². The minimum absolute atomic E-state index is 0.0993. The van der Waals surface area contributed by atoms with Crippen molar-refractivity contribution in [1.82, 2.24) is 20.1 Å². The predicted octanol–water partition coefficient (Wildman–Crippen LogP) is 2.37. The molecular weight excluding hydrogens is 224 g/mol. The van der Waals surface area contributed by atoms with Gasteiger partial charge in [0.05, 0.1) is 5.69 Å². The quantitative estimate of drug-likeness (QED) is 0.901. The summed E-state index contributed by atoms with van der Waals surface area (Å²) >= 11 is 0. The molecule has 0 atom stereocenters. The van der Waals surface area contributed by atoms with E-state index in [4.69, 9.17) is 0 Å². The highest BCUT2D eigenvalue weighted by molar-refractivity contribution is 5.61. The number of rotatable bonds is 3. The van der Waals surface area contributed by atoms with Crippen LogP contribution >= 0.6 is 0 Å². The molecule has 2 aromatic heterocycles. The van der Waals surface area contributed by atoms with Crippen molar-refractivity contribution in [3.63, 3.8) is 0 Å². The van der Waals surface area contributed by atoms with Crippen molar-refractivity contribution in [3.05, 3.63) is 36.3 Å². The first-order chi connectivity index (χ1) is 8.46. The smallest absolute Gasteiger partial charge is 0.0983 e. The molecule has 0 spiro atoms. The Balaban J connectivity index is 2.26. The Morgan fingerprint density at radius 2 is 2.11 bits per heavy atom. The van der Waals surface area contributed by atoms with Crippen molar-refractivity contribution in [2.24, 2.45) is 7.05 Å². The molecule has 0 saturated carbocycles. The number of pyridine rings is 1. The molecule has 4 nitrogen and oxygen atoms in total. The summed E-state index contributed by atoms with van der Waals surface area (Å²) < 4.78 is 1.85. The summed E-state index contributed by atoms with van der Waals surface area (Å²) in [4.78, 5) is 4.15. The van der Waals surface area contributed by atoms with Crippen molar-refractivity contribution in [1.29, 1.82) is 0 Å². The summed E-state index contributed by atoms with van der Waals surface area (Å²) in [5.74, 6) is 0. The maximum absolute atomic E-state index is 4.52. The van der Waals surface area contributed by atoms with Crippen LogP contribution in [0.5, 0.6) is 0 Å². The molecule has 0 fully saturated rings. The second-order valence-electron chi connectivity index (χ2n) is 5.52. The normalized spacial score (nSPS) is 11.8. The van der Waals surface area contributed by atoms with Crippen LogP contribution in [0.3, 0.4) is 0 Å². The van der Waals surface area contributed by atoms with Crippen molar-refractivity contribution in [2.75, 3.05) is 0 Å². The van der Waals surface area contributed by atoms with Crippen LogP contribution in [0.1, 0.15) is 26.3 Å². The lowest BCUT2D eigenvalue weighted by molar-refractivity contribution is 0.424. The van der Waals surface area contributed by atoms with Crippen molar-refractivity contribution < 1.29 is 0 Å². The fourth-order valence-electron chi connectivity index (χ4n) is 1.77. The SMILES string of the molecule is Cn1cc(CNC(C)(C)C)c(-c2cccnc2)n1. The molecule has 1 N–H and O–H groups in total. The second kappa shape index (κ2) is 4.90. The molecule has 0 amide bonds. The first-order valence-corrected chi connectivity index (χ1v) is 6.14. The largest absolute Gasteiger partial charge is 0.308 e.